The minimum absolute atomic E-state index is 0.0228. The lowest BCUT2D eigenvalue weighted by molar-refractivity contribution is -0.132. The Morgan fingerprint density at radius 2 is 1.41 bits per heavy atom. The van der Waals surface area contributed by atoms with Crippen LogP contribution >= 0.6 is 0 Å². The molecule has 0 saturated heterocycles. The molecule has 0 bridgehead atoms. The number of rotatable bonds is 17. The average Bonchev–Trinajstić information content (AvgIpc) is 2.95. The molecule has 3 N–H and O–H groups in total. The first-order valence-electron chi connectivity index (χ1n) is 14.5. The maximum absolute atomic E-state index is 13.7. The molecule has 13 heteroatoms. The number of pyridine rings is 1. The molecule has 1 aromatic heterocycles. The standard InChI is InChI=1S/C31H43N7O5S/c1-21(2)17-25(13-16-44(5,42)43)34-29(39)26(18-22(3)4)35-30(40)27(19-24-11-14-33-15-12-24)36-31(41)28(37-38-32)20-23-9-7-6-8-10-23/h6-16,21-22,25-28H,17-20H2,1-5H3,(H,34,39)(H,35,40)(H,36,41)/b16-13+/t25-,26+,27+,28+/m1/s1. The molecule has 0 saturated carbocycles. The Hall–Kier alpha value is -4.22. The molecule has 1 aromatic carbocycles. The third-order valence-corrected chi connectivity index (χ3v) is 7.19. The van der Waals surface area contributed by atoms with Crippen LogP contribution in [0.1, 0.15) is 51.7 Å². The predicted molar refractivity (Wildman–Crippen MR) is 170 cm³/mol. The van der Waals surface area contributed by atoms with Gasteiger partial charge in [0.05, 0.1) is 0 Å². The van der Waals surface area contributed by atoms with Gasteiger partial charge in [0, 0.05) is 41.4 Å². The molecule has 44 heavy (non-hydrogen) atoms. The van der Waals surface area contributed by atoms with Gasteiger partial charge >= 0.3 is 0 Å². The second-order valence-corrected chi connectivity index (χ2v) is 13.6. The van der Waals surface area contributed by atoms with Crippen molar-refractivity contribution >= 4 is 27.6 Å². The zero-order valence-corrected chi connectivity index (χ0v) is 26.7. The van der Waals surface area contributed by atoms with Crippen molar-refractivity contribution in [2.24, 2.45) is 17.0 Å². The Kier molecular flexibility index (Phi) is 14.5. The Morgan fingerprint density at radius 3 is 1.98 bits per heavy atom. The van der Waals surface area contributed by atoms with E-state index in [1.807, 2.05) is 45.9 Å². The second-order valence-electron chi connectivity index (χ2n) is 11.6. The summed E-state index contributed by atoms with van der Waals surface area (Å²) in [5.74, 6) is -1.52. The van der Waals surface area contributed by atoms with E-state index in [1.54, 1.807) is 36.7 Å². The predicted octanol–water partition coefficient (Wildman–Crippen LogP) is 3.65. The number of nitrogens with zero attached hydrogens (tertiary/aromatic N) is 4. The third-order valence-electron chi connectivity index (χ3n) is 6.54. The number of amides is 3. The van der Waals surface area contributed by atoms with Crippen LogP contribution in [0.15, 0.2) is 71.5 Å². The summed E-state index contributed by atoms with van der Waals surface area (Å²) >= 11 is 0. The van der Waals surface area contributed by atoms with E-state index in [4.69, 9.17) is 5.53 Å². The fourth-order valence-corrected chi connectivity index (χ4v) is 4.98. The van der Waals surface area contributed by atoms with Crippen LogP contribution in [-0.2, 0) is 37.1 Å². The van der Waals surface area contributed by atoms with Crippen LogP contribution in [0.2, 0.25) is 0 Å². The number of hydrogen-bond donors (Lipinski definition) is 3. The van der Waals surface area contributed by atoms with Gasteiger partial charge in [-0.2, -0.15) is 0 Å². The first kappa shape index (κ1) is 36.0. The van der Waals surface area contributed by atoms with Crippen LogP contribution in [0.3, 0.4) is 0 Å². The Morgan fingerprint density at radius 1 is 0.841 bits per heavy atom. The Balaban J connectivity index is 2.32. The number of sulfone groups is 1. The molecule has 0 radical (unpaired) electrons. The van der Waals surface area contributed by atoms with Crippen molar-refractivity contribution in [2.75, 3.05) is 6.26 Å². The summed E-state index contributed by atoms with van der Waals surface area (Å²) in [7, 11) is -3.41. The minimum Gasteiger partial charge on any atom is -0.348 e. The summed E-state index contributed by atoms with van der Waals surface area (Å²) in [6, 6.07) is 8.75. The maximum Gasteiger partial charge on any atom is 0.243 e. The molecule has 0 aliphatic heterocycles. The van der Waals surface area contributed by atoms with E-state index in [0.29, 0.717) is 12.8 Å². The van der Waals surface area contributed by atoms with Gasteiger partial charge in [0.25, 0.3) is 0 Å². The zero-order valence-electron chi connectivity index (χ0n) is 25.9. The summed E-state index contributed by atoms with van der Waals surface area (Å²) in [5.41, 5.74) is 10.6. The van der Waals surface area contributed by atoms with E-state index in [9.17, 15) is 22.8 Å². The highest BCUT2D eigenvalue weighted by Crippen LogP contribution is 2.12. The van der Waals surface area contributed by atoms with E-state index < -0.39 is 51.7 Å². The van der Waals surface area contributed by atoms with Gasteiger partial charge < -0.3 is 16.0 Å². The van der Waals surface area contributed by atoms with Gasteiger partial charge in [-0.1, -0.05) is 69.2 Å². The fourth-order valence-electron chi connectivity index (χ4n) is 4.51. The smallest absolute Gasteiger partial charge is 0.243 e. The van der Waals surface area contributed by atoms with Crippen molar-refractivity contribution in [3.63, 3.8) is 0 Å². The molecule has 238 valence electrons. The summed E-state index contributed by atoms with van der Waals surface area (Å²) in [6.45, 7) is 7.72. The number of carbonyl (C=O) groups is 3. The topological polar surface area (TPSA) is 183 Å². The summed E-state index contributed by atoms with van der Waals surface area (Å²) in [5, 5.41) is 13.1. The highest BCUT2D eigenvalue weighted by molar-refractivity contribution is 7.93. The first-order valence-corrected chi connectivity index (χ1v) is 16.5. The van der Waals surface area contributed by atoms with Gasteiger partial charge in [-0.05, 0) is 59.9 Å². The Bertz CT molecular complexity index is 1410. The molecule has 2 aromatic rings. The lowest BCUT2D eigenvalue weighted by Crippen LogP contribution is -2.56. The first-order chi connectivity index (χ1) is 20.8. The lowest BCUT2D eigenvalue weighted by Gasteiger charge is -2.27. The molecular weight excluding hydrogens is 582 g/mol. The van der Waals surface area contributed by atoms with Crippen molar-refractivity contribution in [3.05, 3.63) is 87.9 Å². The Labute approximate surface area is 259 Å². The van der Waals surface area contributed by atoms with Gasteiger partial charge in [-0.25, -0.2) is 8.42 Å². The monoisotopic (exact) mass is 625 g/mol. The molecule has 0 unspecified atom stereocenters. The van der Waals surface area contributed by atoms with Crippen LogP contribution in [0.5, 0.6) is 0 Å². The number of hydrogen-bond acceptors (Lipinski definition) is 7. The van der Waals surface area contributed by atoms with Crippen LogP contribution in [0.25, 0.3) is 10.4 Å². The number of aromatic nitrogens is 1. The van der Waals surface area contributed by atoms with Crippen molar-refractivity contribution in [2.45, 2.75) is 77.5 Å². The molecular formula is C31H43N7O5S. The molecule has 1 heterocycles. The van der Waals surface area contributed by atoms with E-state index in [0.717, 1.165) is 22.8 Å². The molecule has 3 amide bonds. The quantitative estimate of drug-likeness (QED) is 0.137. The summed E-state index contributed by atoms with van der Waals surface area (Å²) in [6.07, 6.45) is 6.67. The van der Waals surface area contributed by atoms with Crippen molar-refractivity contribution in [1.29, 1.82) is 0 Å². The molecule has 0 aliphatic carbocycles. The number of benzene rings is 1. The van der Waals surface area contributed by atoms with Crippen LogP contribution in [0, 0.1) is 11.8 Å². The van der Waals surface area contributed by atoms with Gasteiger partial charge in [0.15, 0.2) is 9.84 Å². The van der Waals surface area contributed by atoms with E-state index in [1.165, 1.54) is 6.08 Å². The number of nitrogens with one attached hydrogen (secondary N) is 3. The number of azide groups is 1. The van der Waals surface area contributed by atoms with Crippen molar-refractivity contribution in [3.8, 4) is 0 Å². The summed E-state index contributed by atoms with van der Waals surface area (Å²) in [4.78, 5) is 47.4. The lowest BCUT2D eigenvalue weighted by atomic mass is 9.99. The summed E-state index contributed by atoms with van der Waals surface area (Å²) < 4.78 is 23.4. The molecule has 12 nitrogen and oxygen atoms in total. The van der Waals surface area contributed by atoms with Gasteiger partial charge in [-0.3, -0.25) is 19.4 Å². The van der Waals surface area contributed by atoms with E-state index >= 15 is 0 Å². The van der Waals surface area contributed by atoms with Gasteiger partial charge in [-0.15, -0.1) is 0 Å². The van der Waals surface area contributed by atoms with Crippen molar-refractivity contribution < 1.29 is 22.8 Å². The second kappa shape index (κ2) is 17.8. The van der Waals surface area contributed by atoms with Crippen LogP contribution in [-0.4, -0.2) is 61.5 Å². The molecule has 0 spiro atoms. The van der Waals surface area contributed by atoms with Gasteiger partial charge in [0.1, 0.15) is 18.1 Å². The van der Waals surface area contributed by atoms with E-state index in [-0.39, 0.29) is 24.7 Å². The highest BCUT2D eigenvalue weighted by Gasteiger charge is 2.30. The number of carbonyl (C=O) groups excluding carboxylic acids is 3. The highest BCUT2D eigenvalue weighted by atomic mass is 32.2. The van der Waals surface area contributed by atoms with E-state index in [2.05, 4.69) is 31.0 Å². The SMILES string of the molecule is CC(C)C[C@@H](/C=C/S(C)(=O)=O)NC(=O)[C@H](CC(C)C)NC(=O)[C@H](Cc1ccncc1)NC(=O)[C@H](Cc1ccccc1)N=[N+]=[N-]. The third kappa shape index (κ3) is 13.8. The minimum atomic E-state index is -3.41. The largest absolute Gasteiger partial charge is 0.348 e. The molecule has 0 aliphatic rings. The van der Waals surface area contributed by atoms with Crippen molar-refractivity contribution in [1.82, 2.24) is 20.9 Å². The maximum atomic E-state index is 13.7. The molecule has 0 fully saturated rings. The average molecular weight is 626 g/mol. The fraction of sp³-hybridized carbons (Fsp3) is 0.484. The van der Waals surface area contributed by atoms with Crippen LogP contribution < -0.4 is 16.0 Å². The molecule has 4 atom stereocenters. The van der Waals surface area contributed by atoms with Gasteiger partial charge in [0.2, 0.25) is 17.7 Å². The normalized spacial score (nSPS) is 14.3. The molecule has 2 rings (SSSR count). The van der Waals surface area contributed by atoms with Crippen LogP contribution in [0.4, 0.5) is 0 Å². The zero-order chi connectivity index (χ0) is 32.7.